The zero-order chi connectivity index (χ0) is 25.6. The zero-order valence-corrected chi connectivity index (χ0v) is 19.9. The summed E-state index contributed by atoms with van der Waals surface area (Å²) in [4.78, 5) is 27.0. The number of hydrogen-bond acceptors (Lipinski definition) is 6. The number of amides is 1. The number of alkyl halides is 3. The number of Topliss-reactive ketones (excluding diaryl/α,β-unsaturated/α-hetero) is 1. The average Bonchev–Trinajstić information content (AvgIpc) is 2.77. The molecule has 0 aliphatic carbocycles. The van der Waals surface area contributed by atoms with Crippen molar-refractivity contribution in [3.05, 3.63) is 59.7 Å². The van der Waals surface area contributed by atoms with E-state index < -0.39 is 29.8 Å². The second-order valence-corrected chi connectivity index (χ2v) is 9.14. The fourth-order valence-corrected chi connectivity index (χ4v) is 3.57. The van der Waals surface area contributed by atoms with Crippen molar-refractivity contribution >= 4 is 11.9 Å². The molecule has 1 N–H and O–H groups in total. The lowest BCUT2D eigenvalue weighted by Crippen LogP contribution is -2.58. The molecule has 0 radical (unpaired) electrons. The van der Waals surface area contributed by atoms with Gasteiger partial charge in [0.05, 0.1) is 0 Å². The third-order valence-corrected chi connectivity index (χ3v) is 5.09. The summed E-state index contributed by atoms with van der Waals surface area (Å²) in [6.07, 6.45) is -5.74. The number of nitrogens with zero attached hydrogens (tertiary/aromatic N) is 1. The van der Waals surface area contributed by atoms with Crippen molar-refractivity contribution in [1.82, 2.24) is 10.2 Å². The van der Waals surface area contributed by atoms with E-state index in [2.05, 4.69) is 10.1 Å². The van der Waals surface area contributed by atoms with E-state index in [-0.39, 0.29) is 37.6 Å². The minimum atomic E-state index is -4.94. The Bertz CT molecular complexity index is 1020. The zero-order valence-electron chi connectivity index (χ0n) is 19.9. The van der Waals surface area contributed by atoms with Crippen LogP contribution in [-0.2, 0) is 22.6 Å². The molecule has 10 heteroatoms. The Balaban J connectivity index is 1.76. The largest absolute Gasteiger partial charge is 0.573 e. The molecular formula is C25H29F3N2O5. The van der Waals surface area contributed by atoms with Crippen molar-refractivity contribution < 1.29 is 37.0 Å². The number of hydrogen-bond donors (Lipinski definition) is 1. The van der Waals surface area contributed by atoms with Gasteiger partial charge in [0.1, 0.15) is 18.2 Å². The van der Waals surface area contributed by atoms with Crippen LogP contribution >= 0.6 is 0 Å². The monoisotopic (exact) mass is 494 g/mol. The number of ether oxygens (including phenoxy) is 3. The SMILES string of the molecule is CC(C)(C)OC(=O)N1CCNCC1C(=O)Cc1ccc(OCc2ccccc2)c(OC(F)(F)F)c1. The van der Waals surface area contributed by atoms with Gasteiger partial charge < -0.3 is 19.5 Å². The third-order valence-electron chi connectivity index (χ3n) is 5.09. The van der Waals surface area contributed by atoms with Crippen molar-refractivity contribution in [3.63, 3.8) is 0 Å². The molecule has 3 rings (SSSR count). The molecule has 2 aromatic rings. The second kappa shape index (κ2) is 11.0. The molecule has 1 amide bonds. The van der Waals surface area contributed by atoms with Crippen LogP contribution in [0.15, 0.2) is 48.5 Å². The van der Waals surface area contributed by atoms with Gasteiger partial charge in [0.25, 0.3) is 0 Å². The lowest BCUT2D eigenvalue weighted by Gasteiger charge is -2.36. The Labute approximate surface area is 202 Å². The molecule has 2 aromatic carbocycles. The van der Waals surface area contributed by atoms with Gasteiger partial charge in [-0.3, -0.25) is 9.69 Å². The second-order valence-electron chi connectivity index (χ2n) is 9.14. The highest BCUT2D eigenvalue weighted by molar-refractivity contribution is 5.89. The van der Waals surface area contributed by atoms with E-state index >= 15 is 0 Å². The maximum atomic E-state index is 13.1. The first-order chi connectivity index (χ1) is 16.4. The molecule has 0 aromatic heterocycles. The van der Waals surface area contributed by atoms with E-state index in [1.807, 2.05) is 6.07 Å². The average molecular weight is 495 g/mol. The van der Waals surface area contributed by atoms with Crippen LogP contribution in [0.2, 0.25) is 0 Å². The fourth-order valence-electron chi connectivity index (χ4n) is 3.57. The predicted octanol–water partition coefficient (Wildman–Crippen LogP) is 4.48. The van der Waals surface area contributed by atoms with E-state index in [4.69, 9.17) is 9.47 Å². The minimum Gasteiger partial charge on any atom is -0.485 e. The van der Waals surface area contributed by atoms with Gasteiger partial charge in [-0.05, 0) is 44.0 Å². The van der Waals surface area contributed by atoms with Crippen LogP contribution in [0.25, 0.3) is 0 Å². The summed E-state index contributed by atoms with van der Waals surface area (Å²) < 4.78 is 54.2. The van der Waals surface area contributed by atoms with E-state index in [0.29, 0.717) is 12.1 Å². The summed E-state index contributed by atoms with van der Waals surface area (Å²) in [5.41, 5.74) is 0.349. The summed E-state index contributed by atoms with van der Waals surface area (Å²) in [6.45, 7) is 6.24. The van der Waals surface area contributed by atoms with Crippen LogP contribution in [0.4, 0.5) is 18.0 Å². The van der Waals surface area contributed by atoms with Crippen molar-refractivity contribution in [2.24, 2.45) is 0 Å². The molecule has 0 spiro atoms. The van der Waals surface area contributed by atoms with Crippen LogP contribution in [-0.4, -0.2) is 54.4 Å². The molecule has 1 aliphatic heterocycles. The molecule has 35 heavy (non-hydrogen) atoms. The first-order valence-corrected chi connectivity index (χ1v) is 11.2. The first kappa shape index (κ1) is 26.3. The van der Waals surface area contributed by atoms with Gasteiger partial charge in [-0.25, -0.2) is 4.79 Å². The number of piperazine rings is 1. The first-order valence-electron chi connectivity index (χ1n) is 11.2. The maximum Gasteiger partial charge on any atom is 0.573 e. The molecule has 1 atom stereocenters. The van der Waals surface area contributed by atoms with Gasteiger partial charge >= 0.3 is 12.5 Å². The number of carbonyl (C=O) groups is 2. The van der Waals surface area contributed by atoms with Gasteiger partial charge in [-0.2, -0.15) is 0 Å². The smallest absolute Gasteiger partial charge is 0.485 e. The molecule has 0 saturated carbocycles. The lowest BCUT2D eigenvalue weighted by molar-refractivity contribution is -0.275. The Morgan fingerprint density at radius 3 is 2.40 bits per heavy atom. The van der Waals surface area contributed by atoms with E-state index in [9.17, 15) is 22.8 Å². The van der Waals surface area contributed by atoms with Crippen molar-refractivity contribution in [1.29, 1.82) is 0 Å². The summed E-state index contributed by atoms with van der Waals surface area (Å²) >= 11 is 0. The van der Waals surface area contributed by atoms with Crippen LogP contribution in [0.3, 0.4) is 0 Å². The van der Waals surface area contributed by atoms with Gasteiger partial charge in [-0.15, -0.1) is 13.2 Å². The Kier molecular flexibility index (Phi) is 8.26. The molecule has 1 fully saturated rings. The molecular weight excluding hydrogens is 465 g/mol. The molecule has 0 bridgehead atoms. The highest BCUT2D eigenvalue weighted by Gasteiger charge is 2.35. The van der Waals surface area contributed by atoms with E-state index in [1.54, 1.807) is 45.0 Å². The van der Waals surface area contributed by atoms with E-state index in [0.717, 1.165) is 11.6 Å². The number of nitrogens with one attached hydrogen (secondary N) is 1. The molecule has 1 unspecified atom stereocenters. The highest BCUT2D eigenvalue weighted by Crippen LogP contribution is 2.34. The number of rotatable bonds is 7. The fraction of sp³-hybridized carbons (Fsp3) is 0.440. The van der Waals surface area contributed by atoms with Gasteiger partial charge in [-0.1, -0.05) is 36.4 Å². The van der Waals surface area contributed by atoms with Crippen LogP contribution in [0, 0.1) is 0 Å². The Morgan fingerprint density at radius 1 is 1.03 bits per heavy atom. The quantitative estimate of drug-likeness (QED) is 0.612. The van der Waals surface area contributed by atoms with Crippen molar-refractivity contribution in [2.45, 2.75) is 51.8 Å². The minimum absolute atomic E-state index is 0.0475. The number of carbonyl (C=O) groups excluding carboxylic acids is 2. The van der Waals surface area contributed by atoms with E-state index in [1.165, 1.54) is 17.0 Å². The normalized spacial score (nSPS) is 16.5. The third kappa shape index (κ3) is 8.17. The predicted molar refractivity (Wildman–Crippen MR) is 122 cm³/mol. The molecule has 1 heterocycles. The number of halogens is 3. The Morgan fingerprint density at radius 2 is 1.74 bits per heavy atom. The molecule has 190 valence electrons. The summed E-state index contributed by atoms with van der Waals surface area (Å²) in [6, 6.07) is 12.2. The molecule has 7 nitrogen and oxygen atoms in total. The topological polar surface area (TPSA) is 77.1 Å². The van der Waals surface area contributed by atoms with Crippen LogP contribution < -0.4 is 14.8 Å². The number of benzene rings is 2. The molecule has 1 aliphatic rings. The van der Waals surface area contributed by atoms with Gasteiger partial charge in [0.2, 0.25) is 0 Å². The van der Waals surface area contributed by atoms with Gasteiger partial charge in [0.15, 0.2) is 17.3 Å². The standard InChI is InChI=1S/C25H29F3N2O5/c1-24(2,3)35-23(32)30-12-11-29-15-19(30)20(31)13-18-9-10-21(22(14-18)34-25(26,27)28)33-16-17-7-5-4-6-8-17/h4-10,14,19,29H,11-13,15-16H2,1-3H3. The van der Waals surface area contributed by atoms with Gasteiger partial charge in [0, 0.05) is 26.1 Å². The Hall–Kier alpha value is -3.27. The summed E-state index contributed by atoms with van der Waals surface area (Å²) in [5, 5.41) is 3.07. The highest BCUT2D eigenvalue weighted by atomic mass is 19.4. The maximum absolute atomic E-state index is 13.1. The summed E-state index contributed by atoms with van der Waals surface area (Å²) in [7, 11) is 0. The summed E-state index contributed by atoms with van der Waals surface area (Å²) in [5.74, 6) is -0.972. The van der Waals surface area contributed by atoms with Crippen LogP contribution in [0.5, 0.6) is 11.5 Å². The lowest BCUT2D eigenvalue weighted by atomic mass is 10.0. The number of ketones is 1. The van der Waals surface area contributed by atoms with Crippen molar-refractivity contribution in [3.8, 4) is 11.5 Å². The van der Waals surface area contributed by atoms with Crippen molar-refractivity contribution in [2.75, 3.05) is 19.6 Å². The molecule has 1 saturated heterocycles. The van der Waals surface area contributed by atoms with Crippen LogP contribution in [0.1, 0.15) is 31.9 Å².